The third kappa shape index (κ3) is 2.33. The van der Waals surface area contributed by atoms with Crippen LogP contribution in [0, 0.1) is 0 Å². The summed E-state index contributed by atoms with van der Waals surface area (Å²) in [4.78, 5) is 16.0. The van der Waals surface area contributed by atoms with Crippen LogP contribution >= 0.6 is 0 Å². The molecule has 3 aromatic rings. The zero-order chi connectivity index (χ0) is 14.8. The van der Waals surface area contributed by atoms with Crippen LogP contribution in [0.1, 0.15) is 16.2 Å². The number of primary amides is 1. The Bertz CT molecular complexity index is 794. The van der Waals surface area contributed by atoms with Gasteiger partial charge in [0.1, 0.15) is 11.4 Å². The van der Waals surface area contributed by atoms with Gasteiger partial charge in [0.05, 0.1) is 24.9 Å². The Morgan fingerprint density at radius 2 is 2.14 bits per heavy atom. The van der Waals surface area contributed by atoms with E-state index in [4.69, 9.17) is 10.5 Å². The molecular weight excluding hydrogens is 266 g/mol. The monoisotopic (exact) mass is 281 g/mol. The average molecular weight is 281 g/mol. The summed E-state index contributed by atoms with van der Waals surface area (Å²) in [6.07, 6.45) is 1.73. The summed E-state index contributed by atoms with van der Waals surface area (Å²) >= 11 is 0. The maximum atomic E-state index is 11.7. The molecule has 0 aliphatic heterocycles. The van der Waals surface area contributed by atoms with E-state index in [-0.39, 0.29) is 0 Å². The summed E-state index contributed by atoms with van der Waals surface area (Å²) in [6.45, 7) is 0.482. The van der Waals surface area contributed by atoms with Gasteiger partial charge < -0.3 is 15.0 Å². The lowest BCUT2D eigenvalue weighted by atomic mass is 10.2. The molecule has 2 N–H and O–H groups in total. The van der Waals surface area contributed by atoms with Crippen LogP contribution in [0.15, 0.2) is 48.7 Å². The highest BCUT2D eigenvalue weighted by Crippen LogP contribution is 2.29. The molecule has 3 rings (SSSR count). The van der Waals surface area contributed by atoms with Crippen LogP contribution in [-0.2, 0) is 6.54 Å². The minimum atomic E-state index is -0.468. The van der Waals surface area contributed by atoms with Crippen molar-refractivity contribution in [1.29, 1.82) is 0 Å². The fourth-order valence-corrected chi connectivity index (χ4v) is 2.46. The van der Waals surface area contributed by atoms with Crippen LogP contribution in [0.2, 0.25) is 0 Å². The first-order valence-corrected chi connectivity index (χ1v) is 6.56. The molecule has 0 radical (unpaired) electrons. The quantitative estimate of drug-likeness (QED) is 0.797. The number of carbonyl (C=O) groups is 1. The number of carbonyl (C=O) groups excluding carboxylic acids is 1. The molecule has 5 nitrogen and oxygen atoms in total. The number of pyridine rings is 1. The summed E-state index contributed by atoms with van der Waals surface area (Å²) in [5.74, 6) is 0.249. The van der Waals surface area contributed by atoms with Gasteiger partial charge in [-0.3, -0.25) is 9.78 Å². The van der Waals surface area contributed by atoms with Crippen molar-refractivity contribution >= 4 is 16.8 Å². The number of hydrogen-bond donors (Lipinski definition) is 1. The Labute approximate surface area is 122 Å². The molecule has 21 heavy (non-hydrogen) atoms. The number of ether oxygens (including phenoxy) is 1. The maximum Gasteiger partial charge on any atom is 0.265 e. The number of fused-ring (bicyclic) bond motifs is 1. The van der Waals surface area contributed by atoms with E-state index in [0.29, 0.717) is 12.2 Å². The summed E-state index contributed by atoms with van der Waals surface area (Å²) in [5, 5.41) is 0.865. The highest BCUT2D eigenvalue weighted by atomic mass is 16.5. The molecule has 0 spiro atoms. The number of nitrogens with zero attached hydrogens (tertiary/aromatic N) is 2. The molecule has 0 unspecified atom stereocenters. The topological polar surface area (TPSA) is 70.1 Å². The van der Waals surface area contributed by atoms with E-state index in [2.05, 4.69) is 4.98 Å². The van der Waals surface area contributed by atoms with Crippen LogP contribution in [0.5, 0.6) is 5.75 Å². The van der Waals surface area contributed by atoms with Crippen molar-refractivity contribution in [2.45, 2.75) is 6.54 Å². The highest BCUT2D eigenvalue weighted by Gasteiger charge is 2.16. The van der Waals surface area contributed by atoms with Crippen molar-refractivity contribution in [3.05, 3.63) is 60.0 Å². The highest BCUT2D eigenvalue weighted by molar-refractivity contribution is 5.99. The number of amides is 1. The summed E-state index contributed by atoms with van der Waals surface area (Å²) < 4.78 is 7.21. The lowest BCUT2D eigenvalue weighted by molar-refractivity contribution is 0.0992. The number of hydrogen-bond acceptors (Lipinski definition) is 3. The van der Waals surface area contributed by atoms with Crippen molar-refractivity contribution in [3.63, 3.8) is 0 Å². The van der Waals surface area contributed by atoms with Crippen LogP contribution in [-0.4, -0.2) is 22.6 Å². The molecule has 0 aliphatic carbocycles. The molecule has 2 heterocycles. The molecule has 1 aromatic carbocycles. The number of aromatic nitrogens is 2. The van der Waals surface area contributed by atoms with Gasteiger partial charge in [0.15, 0.2) is 0 Å². The number of benzene rings is 1. The van der Waals surface area contributed by atoms with Gasteiger partial charge in [-0.2, -0.15) is 0 Å². The first-order valence-electron chi connectivity index (χ1n) is 6.56. The van der Waals surface area contributed by atoms with E-state index in [1.807, 2.05) is 41.0 Å². The zero-order valence-corrected chi connectivity index (χ0v) is 11.6. The predicted octanol–water partition coefficient (Wildman–Crippen LogP) is 2.19. The molecule has 0 saturated heterocycles. The molecule has 0 atom stereocenters. The largest absolute Gasteiger partial charge is 0.496 e. The smallest absolute Gasteiger partial charge is 0.265 e. The van der Waals surface area contributed by atoms with E-state index in [1.165, 1.54) is 0 Å². The first kappa shape index (κ1) is 13.2. The Kier molecular flexibility index (Phi) is 3.31. The van der Waals surface area contributed by atoms with Crippen molar-refractivity contribution in [2.24, 2.45) is 5.73 Å². The molecule has 1 amide bonds. The van der Waals surface area contributed by atoms with E-state index in [1.54, 1.807) is 19.4 Å². The number of nitrogens with two attached hydrogens (primary N) is 1. The molecule has 0 saturated carbocycles. The van der Waals surface area contributed by atoms with Gasteiger partial charge in [-0.15, -0.1) is 0 Å². The molecule has 2 aromatic heterocycles. The van der Waals surface area contributed by atoms with Gasteiger partial charge in [0, 0.05) is 11.6 Å². The second kappa shape index (κ2) is 5.28. The Morgan fingerprint density at radius 3 is 2.81 bits per heavy atom. The van der Waals surface area contributed by atoms with Crippen LogP contribution in [0.3, 0.4) is 0 Å². The van der Waals surface area contributed by atoms with Gasteiger partial charge >= 0.3 is 0 Å². The van der Waals surface area contributed by atoms with E-state index >= 15 is 0 Å². The van der Waals surface area contributed by atoms with Gasteiger partial charge in [-0.05, 0) is 30.3 Å². The second-order valence-corrected chi connectivity index (χ2v) is 4.69. The predicted molar refractivity (Wildman–Crippen MR) is 80.3 cm³/mol. The van der Waals surface area contributed by atoms with Gasteiger partial charge in [0.25, 0.3) is 5.91 Å². The molecule has 5 heteroatoms. The maximum absolute atomic E-state index is 11.7. The number of methoxy groups -OCH3 is 1. The van der Waals surface area contributed by atoms with Crippen LogP contribution in [0.4, 0.5) is 0 Å². The lowest BCUT2D eigenvalue weighted by Gasteiger charge is -2.08. The minimum Gasteiger partial charge on any atom is -0.496 e. The fraction of sp³-hybridized carbons (Fsp3) is 0.125. The van der Waals surface area contributed by atoms with E-state index in [0.717, 1.165) is 22.3 Å². The zero-order valence-electron chi connectivity index (χ0n) is 11.6. The van der Waals surface area contributed by atoms with Crippen molar-refractivity contribution in [3.8, 4) is 5.75 Å². The van der Waals surface area contributed by atoms with Gasteiger partial charge in [0.2, 0.25) is 0 Å². The Hall–Kier alpha value is -2.82. The van der Waals surface area contributed by atoms with Crippen LogP contribution in [0.25, 0.3) is 10.9 Å². The van der Waals surface area contributed by atoms with E-state index < -0.39 is 5.91 Å². The molecular formula is C16H15N3O2. The molecule has 0 aliphatic rings. The number of rotatable bonds is 4. The first-order chi connectivity index (χ1) is 10.2. The second-order valence-electron chi connectivity index (χ2n) is 4.69. The summed E-state index contributed by atoms with van der Waals surface area (Å²) in [7, 11) is 1.61. The normalized spacial score (nSPS) is 10.7. The Morgan fingerprint density at radius 1 is 1.29 bits per heavy atom. The Balaban J connectivity index is 2.19. The average Bonchev–Trinajstić information content (AvgIpc) is 2.87. The third-order valence-electron chi connectivity index (χ3n) is 3.42. The summed E-state index contributed by atoms with van der Waals surface area (Å²) in [6, 6.07) is 13.1. The van der Waals surface area contributed by atoms with Crippen molar-refractivity contribution < 1.29 is 9.53 Å². The van der Waals surface area contributed by atoms with Gasteiger partial charge in [-0.1, -0.05) is 12.1 Å². The van der Waals surface area contributed by atoms with Crippen molar-refractivity contribution in [2.75, 3.05) is 7.11 Å². The van der Waals surface area contributed by atoms with E-state index in [9.17, 15) is 4.79 Å². The third-order valence-corrected chi connectivity index (χ3v) is 3.42. The summed E-state index contributed by atoms with van der Waals surface area (Å²) in [5.41, 5.74) is 7.71. The SMILES string of the molecule is COc1cccc2c1cc(C(N)=O)n2Cc1ccccn1. The molecule has 0 bridgehead atoms. The van der Waals surface area contributed by atoms with Gasteiger partial charge in [-0.25, -0.2) is 0 Å². The van der Waals surface area contributed by atoms with Crippen molar-refractivity contribution in [1.82, 2.24) is 9.55 Å². The van der Waals surface area contributed by atoms with Crippen LogP contribution < -0.4 is 10.5 Å². The standard InChI is InChI=1S/C16H15N3O2/c1-21-15-7-4-6-13-12(15)9-14(16(17)20)19(13)10-11-5-2-3-8-18-11/h2-9H,10H2,1H3,(H2,17,20). The fourth-order valence-electron chi connectivity index (χ4n) is 2.46. The minimum absolute atomic E-state index is 0.445. The molecule has 106 valence electrons. The molecule has 0 fully saturated rings. The lowest BCUT2D eigenvalue weighted by Crippen LogP contribution is -2.17.